The maximum Gasteiger partial charge on any atom is 0.256 e. The summed E-state index contributed by atoms with van der Waals surface area (Å²) in [5.74, 6) is 1.08. The van der Waals surface area contributed by atoms with Gasteiger partial charge in [0, 0.05) is 30.3 Å². The first-order valence-corrected chi connectivity index (χ1v) is 9.52. The topological polar surface area (TPSA) is 88.5 Å². The predicted octanol–water partition coefficient (Wildman–Crippen LogP) is 4.54. The number of methoxy groups -OCH3 is 1. The largest absolute Gasteiger partial charge is 0.497 e. The van der Waals surface area contributed by atoms with Crippen molar-refractivity contribution in [3.05, 3.63) is 71.2 Å². The number of rotatable bonds is 6. The van der Waals surface area contributed by atoms with E-state index in [4.69, 9.17) is 4.74 Å². The fraction of sp³-hybridized carbons (Fsp3) is 0.217. The lowest BCUT2D eigenvalue weighted by molar-refractivity contribution is 0.102. The average molecular weight is 403 g/mol. The van der Waals surface area contributed by atoms with Gasteiger partial charge in [-0.3, -0.25) is 14.8 Å². The summed E-state index contributed by atoms with van der Waals surface area (Å²) in [6.07, 6.45) is 1.69. The van der Waals surface area contributed by atoms with E-state index in [-0.39, 0.29) is 5.91 Å². The molecule has 154 valence electrons. The number of carbonyl (C=O) groups is 1. The summed E-state index contributed by atoms with van der Waals surface area (Å²) >= 11 is 0. The van der Waals surface area contributed by atoms with E-state index in [0.717, 1.165) is 17.1 Å². The molecule has 2 aromatic heterocycles. The zero-order chi connectivity index (χ0) is 21.7. The SMILES string of the molecule is C/N=C(/C)c1c(C(=O)Nc2cccnc2C)cc(C)nc1Nc1ccc(OC)cc1. The molecule has 0 spiro atoms. The van der Waals surface area contributed by atoms with E-state index in [2.05, 4.69) is 25.6 Å². The standard InChI is InChI=1S/C23H25N5O2/c1-14-13-19(23(29)28-20-7-6-12-25-15(20)2)21(16(3)24-4)22(26-14)27-17-8-10-18(30-5)11-9-17/h6-13H,1-5H3,(H,26,27)(H,28,29)/b24-16-. The maximum absolute atomic E-state index is 13.2. The second-order valence-corrected chi connectivity index (χ2v) is 6.79. The molecule has 0 aliphatic carbocycles. The minimum Gasteiger partial charge on any atom is -0.497 e. The quantitative estimate of drug-likeness (QED) is 0.590. The van der Waals surface area contributed by atoms with Crippen LogP contribution in [0.15, 0.2) is 53.7 Å². The van der Waals surface area contributed by atoms with Crippen molar-refractivity contribution in [3.8, 4) is 5.75 Å². The van der Waals surface area contributed by atoms with Crippen LogP contribution in [0.2, 0.25) is 0 Å². The minimum absolute atomic E-state index is 0.243. The number of aliphatic imine (C=N–C) groups is 1. The number of carbonyl (C=O) groups excluding carboxylic acids is 1. The van der Waals surface area contributed by atoms with Gasteiger partial charge in [-0.05, 0) is 63.2 Å². The van der Waals surface area contributed by atoms with Crippen molar-refractivity contribution in [2.75, 3.05) is 24.8 Å². The van der Waals surface area contributed by atoms with Crippen molar-refractivity contribution in [1.29, 1.82) is 0 Å². The molecule has 0 atom stereocenters. The monoisotopic (exact) mass is 403 g/mol. The van der Waals surface area contributed by atoms with Crippen LogP contribution in [-0.2, 0) is 0 Å². The molecule has 0 fully saturated rings. The summed E-state index contributed by atoms with van der Waals surface area (Å²) in [6.45, 7) is 5.56. The number of hydrogen-bond acceptors (Lipinski definition) is 6. The molecule has 0 bridgehead atoms. The number of aromatic nitrogens is 2. The molecule has 0 unspecified atom stereocenters. The summed E-state index contributed by atoms with van der Waals surface area (Å²) in [4.78, 5) is 26.4. The molecule has 0 aliphatic heterocycles. The Kier molecular flexibility index (Phi) is 6.41. The molecule has 3 aromatic rings. The van der Waals surface area contributed by atoms with Gasteiger partial charge in [0.2, 0.25) is 0 Å². The second-order valence-electron chi connectivity index (χ2n) is 6.79. The van der Waals surface area contributed by atoms with Crippen molar-refractivity contribution < 1.29 is 9.53 Å². The lowest BCUT2D eigenvalue weighted by atomic mass is 10.0. The predicted molar refractivity (Wildman–Crippen MR) is 120 cm³/mol. The molecule has 3 rings (SSSR count). The van der Waals surface area contributed by atoms with Crippen LogP contribution in [0.3, 0.4) is 0 Å². The Morgan fingerprint density at radius 3 is 2.50 bits per heavy atom. The van der Waals surface area contributed by atoms with E-state index in [0.29, 0.717) is 34.0 Å². The Hall–Kier alpha value is -3.74. The highest BCUT2D eigenvalue weighted by Gasteiger charge is 2.20. The first kappa shape index (κ1) is 21.0. The molecule has 7 nitrogen and oxygen atoms in total. The Balaban J connectivity index is 2.04. The molecule has 2 N–H and O–H groups in total. The van der Waals surface area contributed by atoms with Gasteiger partial charge in [0.15, 0.2) is 0 Å². The van der Waals surface area contributed by atoms with Crippen LogP contribution in [0.1, 0.15) is 34.2 Å². The smallest absolute Gasteiger partial charge is 0.256 e. The van der Waals surface area contributed by atoms with Gasteiger partial charge in [-0.1, -0.05) is 0 Å². The number of anilines is 3. The molecule has 30 heavy (non-hydrogen) atoms. The second kappa shape index (κ2) is 9.17. The molecule has 0 saturated carbocycles. The lowest BCUT2D eigenvalue weighted by Gasteiger charge is -2.17. The number of ether oxygens (including phenoxy) is 1. The van der Waals surface area contributed by atoms with E-state index in [1.165, 1.54) is 0 Å². The normalized spacial score (nSPS) is 11.2. The molecule has 0 radical (unpaired) electrons. The Morgan fingerprint density at radius 1 is 1.13 bits per heavy atom. The molecular formula is C23H25N5O2. The average Bonchev–Trinajstić information content (AvgIpc) is 2.75. The number of pyridine rings is 2. The number of amides is 1. The van der Waals surface area contributed by atoms with Crippen molar-refractivity contribution in [2.45, 2.75) is 20.8 Å². The van der Waals surface area contributed by atoms with Gasteiger partial charge in [-0.15, -0.1) is 0 Å². The Bertz CT molecular complexity index is 1090. The van der Waals surface area contributed by atoms with Crippen LogP contribution >= 0.6 is 0 Å². The minimum atomic E-state index is -0.243. The molecule has 0 aliphatic rings. The molecule has 7 heteroatoms. The summed E-state index contributed by atoms with van der Waals surface area (Å²) < 4.78 is 5.21. The van der Waals surface area contributed by atoms with Crippen LogP contribution < -0.4 is 15.4 Å². The molecule has 1 amide bonds. The highest BCUT2D eigenvalue weighted by Crippen LogP contribution is 2.26. The van der Waals surface area contributed by atoms with E-state index in [1.807, 2.05) is 51.1 Å². The van der Waals surface area contributed by atoms with Crippen LogP contribution in [0.25, 0.3) is 0 Å². The number of aryl methyl sites for hydroxylation is 2. The third-order valence-corrected chi connectivity index (χ3v) is 4.70. The van der Waals surface area contributed by atoms with E-state index in [9.17, 15) is 4.79 Å². The molecular weight excluding hydrogens is 378 g/mol. The summed E-state index contributed by atoms with van der Waals surface area (Å²) in [5, 5.41) is 6.26. The number of nitrogens with one attached hydrogen (secondary N) is 2. The van der Waals surface area contributed by atoms with Crippen LogP contribution in [0.5, 0.6) is 5.75 Å². The lowest BCUT2D eigenvalue weighted by Crippen LogP contribution is -2.19. The highest BCUT2D eigenvalue weighted by molar-refractivity contribution is 6.16. The molecule has 0 saturated heterocycles. The van der Waals surface area contributed by atoms with Crippen molar-refractivity contribution in [3.63, 3.8) is 0 Å². The van der Waals surface area contributed by atoms with E-state index >= 15 is 0 Å². The summed E-state index contributed by atoms with van der Waals surface area (Å²) in [6, 6.07) is 12.9. The first-order chi connectivity index (χ1) is 14.4. The van der Waals surface area contributed by atoms with Gasteiger partial charge in [-0.2, -0.15) is 0 Å². The van der Waals surface area contributed by atoms with Crippen LogP contribution in [0.4, 0.5) is 17.2 Å². The number of benzene rings is 1. The third-order valence-electron chi connectivity index (χ3n) is 4.70. The zero-order valence-corrected chi connectivity index (χ0v) is 17.8. The van der Waals surface area contributed by atoms with Gasteiger partial charge in [0.1, 0.15) is 11.6 Å². The Labute approximate surface area is 176 Å². The number of nitrogens with zero attached hydrogens (tertiary/aromatic N) is 3. The fourth-order valence-electron chi connectivity index (χ4n) is 3.04. The first-order valence-electron chi connectivity index (χ1n) is 9.52. The van der Waals surface area contributed by atoms with Gasteiger partial charge < -0.3 is 15.4 Å². The van der Waals surface area contributed by atoms with Gasteiger partial charge >= 0.3 is 0 Å². The van der Waals surface area contributed by atoms with Crippen LogP contribution in [-0.4, -0.2) is 35.7 Å². The van der Waals surface area contributed by atoms with Crippen molar-refractivity contribution in [2.24, 2.45) is 4.99 Å². The number of hydrogen-bond donors (Lipinski definition) is 2. The maximum atomic E-state index is 13.2. The molecule has 2 heterocycles. The van der Waals surface area contributed by atoms with Crippen LogP contribution in [0, 0.1) is 13.8 Å². The summed E-state index contributed by atoms with van der Waals surface area (Å²) in [5.41, 5.74) is 4.80. The van der Waals surface area contributed by atoms with Gasteiger partial charge in [0.05, 0.1) is 29.6 Å². The van der Waals surface area contributed by atoms with E-state index < -0.39 is 0 Å². The van der Waals surface area contributed by atoms with Gasteiger partial charge in [0.25, 0.3) is 5.91 Å². The van der Waals surface area contributed by atoms with Crippen molar-refractivity contribution in [1.82, 2.24) is 9.97 Å². The molecule has 1 aromatic carbocycles. The fourth-order valence-corrected chi connectivity index (χ4v) is 3.04. The summed E-state index contributed by atoms with van der Waals surface area (Å²) in [7, 11) is 3.32. The zero-order valence-electron chi connectivity index (χ0n) is 17.8. The van der Waals surface area contributed by atoms with Crippen molar-refractivity contribution >= 4 is 28.8 Å². The third kappa shape index (κ3) is 4.63. The van der Waals surface area contributed by atoms with Gasteiger partial charge in [-0.25, -0.2) is 4.98 Å². The Morgan fingerprint density at radius 2 is 1.87 bits per heavy atom. The van der Waals surface area contributed by atoms with E-state index in [1.54, 1.807) is 32.5 Å². The highest BCUT2D eigenvalue weighted by atomic mass is 16.5.